The van der Waals surface area contributed by atoms with Gasteiger partial charge in [0.15, 0.2) is 5.96 Å². The van der Waals surface area contributed by atoms with Crippen molar-refractivity contribution in [3.05, 3.63) is 22.4 Å². The van der Waals surface area contributed by atoms with Crippen molar-refractivity contribution in [2.75, 3.05) is 33.7 Å². The minimum Gasteiger partial charge on any atom is -0.383 e. The van der Waals surface area contributed by atoms with Gasteiger partial charge < -0.3 is 20.6 Å². The molecule has 5 nitrogen and oxygen atoms in total. The Morgan fingerprint density at radius 2 is 2.04 bits per heavy atom. The van der Waals surface area contributed by atoms with Crippen molar-refractivity contribution >= 4 is 41.3 Å². The molecule has 7 heteroatoms. The number of rotatable bonds is 9. The number of likely N-dealkylation sites (N-methyl/N-ethyl adjacent to an activating group) is 1. The molecule has 1 aromatic heterocycles. The molecule has 0 aliphatic heterocycles. The average Bonchev–Trinajstić information content (AvgIpc) is 3.03. The van der Waals surface area contributed by atoms with Crippen molar-refractivity contribution in [3.8, 4) is 0 Å². The fraction of sp³-hybridized carbons (Fsp3) is 0.722. The maximum atomic E-state index is 10.6. The molecule has 1 rings (SSSR count). The molecule has 0 amide bonds. The summed E-state index contributed by atoms with van der Waals surface area (Å²) in [5.41, 5.74) is -0.0283. The van der Waals surface area contributed by atoms with Gasteiger partial charge in [-0.25, -0.2) is 4.99 Å². The van der Waals surface area contributed by atoms with E-state index in [2.05, 4.69) is 48.5 Å². The van der Waals surface area contributed by atoms with Crippen LogP contribution in [-0.4, -0.2) is 55.7 Å². The zero-order valence-corrected chi connectivity index (χ0v) is 19.5. The molecule has 0 fully saturated rings. The first-order chi connectivity index (χ1) is 11.3. The second kappa shape index (κ2) is 12.1. The highest BCUT2D eigenvalue weighted by molar-refractivity contribution is 14.0. The van der Waals surface area contributed by atoms with Crippen molar-refractivity contribution in [1.29, 1.82) is 0 Å². The molecular weight excluding hydrogens is 447 g/mol. The number of nitrogens with zero attached hydrogens (tertiary/aromatic N) is 2. The minimum absolute atomic E-state index is 0. The molecule has 2 unspecified atom stereocenters. The largest absolute Gasteiger partial charge is 0.383 e. The smallest absolute Gasteiger partial charge is 0.191 e. The van der Waals surface area contributed by atoms with Crippen LogP contribution < -0.4 is 10.6 Å². The fourth-order valence-corrected chi connectivity index (χ4v) is 3.26. The van der Waals surface area contributed by atoms with E-state index in [0.29, 0.717) is 18.5 Å². The van der Waals surface area contributed by atoms with Crippen LogP contribution in [0.1, 0.15) is 39.7 Å². The quantitative estimate of drug-likeness (QED) is 0.288. The number of guanidine groups is 1. The summed E-state index contributed by atoms with van der Waals surface area (Å²) in [6.07, 6.45) is 1.13. The summed E-state index contributed by atoms with van der Waals surface area (Å²) < 4.78 is 0. The monoisotopic (exact) mass is 482 g/mol. The first-order valence-corrected chi connectivity index (χ1v) is 9.64. The van der Waals surface area contributed by atoms with Crippen molar-refractivity contribution in [1.82, 2.24) is 15.5 Å². The van der Waals surface area contributed by atoms with Crippen molar-refractivity contribution in [3.63, 3.8) is 0 Å². The maximum absolute atomic E-state index is 10.6. The second-order valence-electron chi connectivity index (χ2n) is 7.11. The summed E-state index contributed by atoms with van der Waals surface area (Å²) in [6, 6.07) is 2.40. The molecule has 0 radical (unpaired) electrons. The number of nitrogens with one attached hydrogen (secondary N) is 2. The first-order valence-electron chi connectivity index (χ1n) is 8.70. The highest BCUT2D eigenvalue weighted by atomic mass is 127. The van der Waals surface area contributed by atoms with Crippen LogP contribution in [-0.2, 0) is 5.60 Å². The molecule has 25 heavy (non-hydrogen) atoms. The van der Waals surface area contributed by atoms with Crippen molar-refractivity contribution in [2.24, 2.45) is 10.9 Å². The fourth-order valence-electron chi connectivity index (χ4n) is 2.47. The summed E-state index contributed by atoms with van der Waals surface area (Å²) in [5.74, 6) is 1.40. The van der Waals surface area contributed by atoms with E-state index >= 15 is 0 Å². The molecule has 3 N–H and O–H groups in total. The number of thiophene rings is 1. The van der Waals surface area contributed by atoms with E-state index in [9.17, 15) is 5.11 Å². The summed E-state index contributed by atoms with van der Waals surface area (Å²) >= 11 is 1.59. The Morgan fingerprint density at radius 3 is 2.52 bits per heavy atom. The van der Waals surface area contributed by atoms with E-state index < -0.39 is 5.60 Å². The van der Waals surface area contributed by atoms with Crippen LogP contribution in [0.2, 0.25) is 0 Å². The SMILES string of the molecule is CCNC(=NCC(C)(O)c1ccsc1)NCC(CC(C)C)N(C)C.I. The average molecular weight is 482 g/mol. The molecule has 2 atom stereocenters. The van der Waals surface area contributed by atoms with Gasteiger partial charge in [0.05, 0.1) is 6.54 Å². The lowest BCUT2D eigenvalue weighted by molar-refractivity contribution is 0.0677. The van der Waals surface area contributed by atoms with Gasteiger partial charge in [-0.05, 0) is 62.7 Å². The number of aliphatic imine (C=N–C) groups is 1. The molecule has 0 spiro atoms. The molecule has 0 aromatic carbocycles. The van der Waals surface area contributed by atoms with Gasteiger partial charge in [0.25, 0.3) is 0 Å². The summed E-state index contributed by atoms with van der Waals surface area (Å²) in [6.45, 7) is 10.3. The zero-order chi connectivity index (χ0) is 18.2. The lowest BCUT2D eigenvalue weighted by atomic mass is 10.00. The Labute approximate surface area is 174 Å². The molecule has 0 bridgehead atoms. The normalized spacial score (nSPS) is 15.6. The van der Waals surface area contributed by atoms with Gasteiger partial charge in [-0.15, -0.1) is 24.0 Å². The summed E-state index contributed by atoms with van der Waals surface area (Å²) in [4.78, 5) is 6.83. The van der Waals surface area contributed by atoms with Crippen LogP contribution in [0.15, 0.2) is 21.8 Å². The lowest BCUT2D eigenvalue weighted by Crippen LogP contribution is -2.46. The van der Waals surface area contributed by atoms with Gasteiger partial charge in [0, 0.05) is 19.1 Å². The molecular formula is C18H35IN4OS. The molecule has 0 aliphatic carbocycles. The van der Waals surface area contributed by atoms with Crippen LogP contribution in [0, 0.1) is 5.92 Å². The summed E-state index contributed by atoms with van der Waals surface area (Å²) in [5, 5.41) is 21.2. The van der Waals surface area contributed by atoms with Crippen LogP contribution in [0.3, 0.4) is 0 Å². The highest BCUT2D eigenvalue weighted by Crippen LogP contribution is 2.23. The predicted molar refractivity (Wildman–Crippen MR) is 120 cm³/mol. The Bertz CT molecular complexity index is 489. The van der Waals surface area contributed by atoms with Crippen LogP contribution in [0.4, 0.5) is 0 Å². The molecule has 1 aromatic rings. The molecule has 0 aliphatic rings. The van der Waals surface area contributed by atoms with Gasteiger partial charge in [-0.2, -0.15) is 11.3 Å². The second-order valence-corrected chi connectivity index (χ2v) is 7.89. The van der Waals surface area contributed by atoms with E-state index in [1.54, 1.807) is 11.3 Å². The zero-order valence-electron chi connectivity index (χ0n) is 16.4. The third-order valence-electron chi connectivity index (χ3n) is 4.01. The highest BCUT2D eigenvalue weighted by Gasteiger charge is 2.23. The Balaban J connectivity index is 0.00000576. The Hall–Kier alpha value is -0.380. The Kier molecular flexibility index (Phi) is 11.9. The minimum atomic E-state index is -0.943. The van der Waals surface area contributed by atoms with Crippen LogP contribution in [0.25, 0.3) is 0 Å². The predicted octanol–water partition coefficient (Wildman–Crippen LogP) is 3.11. The molecule has 146 valence electrons. The van der Waals surface area contributed by atoms with Crippen LogP contribution >= 0.6 is 35.3 Å². The summed E-state index contributed by atoms with van der Waals surface area (Å²) in [7, 11) is 4.22. The lowest BCUT2D eigenvalue weighted by Gasteiger charge is -2.27. The van der Waals surface area contributed by atoms with E-state index in [-0.39, 0.29) is 24.0 Å². The third kappa shape index (κ3) is 9.21. The molecule has 0 saturated heterocycles. The first kappa shape index (κ1) is 24.6. The topological polar surface area (TPSA) is 59.9 Å². The van der Waals surface area contributed by atoms with Gasteiger partial charge in [-0.3, -0.25) is 0 Å². The van der Waals surface area contributed by atoms with Gasteiger partial charge >= 0.3 is 0 Å². The molecule has 0 saturated carbocycles. The van der Waals surface area contributed by atoms with E-state index in [4.69, 9.17) is 0 Å². The van der Waals surface area contributed by atoms with Gasteiger partial charge in [0.1, 0.15) is 5.60 Å². The van der Waals surface area contributed by atoms with E-state index in [0.717, 1.165) is 31.0 Å². The number of hydrogen-bond donors (Lipinski definition) is 3. The van der Waals surface area contributed by atoms with E-state index in [1.807, 2.05) is 30.7 Å². The standard InChI is InChI=1S/C18H34N4OS.HI/c1-7-19-17(20-11-16(22(5)6)10-14(2)3)21-13-18(4,23)15-8-9-24-12-15;/h8-9,12,14,16,23H,7,10-11,13H2,1-6H3,(H2,19,20,21);1H. The third-order valence-corrected chi connectivity index (χ3v) is 4.69. The Morgan fingerprint density at radius 1 is 1.36 bits per heavy atom. The number of halogens is 1. The van der Waals surface area contributed by atoms with E-state index in [1.165, 1.54) is 0 Å². The van der Waals surface area contributed by atoms with Crippen LogP contribution in [0.5, 0.6) is 0 Å². The van der Waals surface area contributed by atoms with Crippen molar-refractivity contribution < 1.29 is 5.11 Å². The maximum Gasteiger partial charge on any atom is 0.191 e. The number of hydrogen-bond acceptors (Lipinski definition) is 4. The van der Waals surface area contributed by atoms with Gasteiger partial charge in [-0.1, -0.05) is 13.8 Å². The van der Waals surface area contributed by atoms with Gasteiger partial charge in [0.2, 0.25) is 0 Å². The van der Waals surface area contributed by atoms with Crippen molar-refractivity contribution in [2.45, 2.75) is 45.8 Å². The number of aliphatic hydroxyl groups is 1. The molecule has 1 heterocycles.